The van der Waals surface area contributed by atoms with Crippen LogP contribution < -0.4 is 5.73 Å². The summed E-state index contributed by atoms with van der Waals surface area (Å²) < 4.78 is 3.11. The van der Waals surface area contributed by atoms with Gasteiger partial charge in [0.2, 0.25) is 0 Å². The summed E-state index contributed by atoms with van der Waals surface area (Å²) in [4.78, 5) is 13.0. The molecule has 2 aromatic heterocycles. The van der Waals surface area contributed by atoms with Crippen LogP contribution in [0.5, 0.6) is 0 Å². The smallest absolute Gasteiger partial charge is 0.282 e. The molecule has 0 spiro atoms. The van der Waals surface area contributed by atoms with Crippen molar-refractivity contribution in [1.82, 2.24) is 14.3 Å². The van der Waals surface area contributed by atoms with E-state index in [0.29, 0.717) is 12.1 Å². The third kappa shape index (κ3) is 2.52. The Balaban J connectivity index is 1.82. The summed E-state index contributed by atoms with van der Waals surface area (Å²) in [7, 11) is 0. The lowest BCUT2D eigenvalue weighted by atomic mass is 10.1. The highest BCUT2D eigenvalue weighted by atomic mass is 16.2. The zero-order valence-electron chi connectivity index (χ0n) is 13.8. The van der Waals surface area contributed by atoms with Gasteiger partial charge in [0.15, 0.2) is 0 Å². The minimum atomic E-state index is -0.355. The number of hydrogen-bond donors (Lipinski definition) is 1. The zero-order valence-corrected chi connectivity index (χ0v) is 13.8. The predicted molar refractivity (Wildman–Crippen MR) is 98.6 cm³/mol. The maximum Gasteiger partial charge on any atom is 0.282 e. The highest BCUT2D eigenvalue weighted by Crippen LogP contribution is 2.24. The van der Waals surface area contributed by atoms with Gasteiger partial charge in [-0.15, -0.1) is 0 Å². The van der Waals surface area contributed by atoms with Gasteiger partial charge in [0.1, 0.15) is 17.5 Å². The van der Waals surface area contributed by atoms with E-state index in [0.717, 1.165) is 21.1 Å². The summed E-state index contributed by atoms with van der Waals surface area (Å²) in [5.41, 5.74) is 8.65. The molecule has 2 aromatic carbocycles. The Bertz CT molecular complexity index is 1150. The first kappa shape index (κ1) is 15.7. The largest absolute Gasteiger partial charge is 0.382 e. The number of carbonyl (C=O) groups excluding carboxylic acids is 1. The van der Waals surface area contributed by atoms with E-state index >= 15 is 0 Å². The van der Waals surface area contributed by atoms with Gasteiger partial charge in [-0.2, -0.15) is 15.0 Å². The van der Waals surface area contributed by atoms with Crippen molar-refractivity contribution >= 4 is 22.6 Å². The molecular formula is C20H15N5O. The number of fused-ring (bicyclic) bond motifs is 1. The van der Waals surface area contributed by atoms with Crippen molar-refractivity contribution in [2.75, 3.05) is 5.73 Å². The monoisotopic (exact) mass is 341 g/mol. The number of carbonyl (C=O) groups is 1. The molecule has 0 saturated heterocycles. The molecule has 0 aliphatic heterocycles. The van der Waals surface area contributed by atoms with Crippen molar-refractivity contribution in [3.8, 4) is 6.07 Å². The van der Waals surface area contributed by atoms with Crippen LogP contribution in [0.2, 0.25) is 0 Å². The van der Waals surface area contributed by atoms with Gasteiger partial charge in [-0.05, 0) is 11.6 Å². The van der Waals surface area contributed by atoms with E-state index in [2.05, 4.69) is 5.10 Å². The molecule has 0 aliphatic carbocycles. The maximum atomic E-state index is 13.0. The summed E-state index contributed by atoms with van der Waals surface area (Å²) in [6, 6.07) is 19.7. The molecule has 0 amide bonds. The Hall–Kier alpha value is -3.85. The van der Waals surface area contributed by atoms with Crippen LogP contribution in [0, 0.1) is 11.3 Å². The highest BCUT2D eigenvalue weighted by Gasteiger charge is 2.20. The summed E-state index contributed by atoms with van der Waals surface area (Å²) >= 11 is 0. The summed E-state index contributed by atoms with van der Waals surface area (Å²) in [5.74, 6) is -0.301. The van der Waals surface area contributed by atoms with Gasteiger partial charge in [0.25, 0.3) is 5.91 Å². The Labute approximate surface area is 149 Å². The number of rotatable bonds is 3. The fraction of sp³-hybridized carbons (Fsp3) is 0.0500. The number of nitriles is 1. The Morgan fingerprint density at radius 2 is 1.85 bits per heavy atom. The van der Waals surface area contributed by atoms with E-state index in [-0.39, 0.29) is 17.3 Å². The van der Waals surface area contributed by atoms with Gasteiger partial charge in [-0.3, -0.25) is 4.79 Å². The van der Waals surface area contributed by atoms with E-state index in [4.69, 9.17) is 11.0 Å². The van der Waals surface area contributed by atoms with Crippen molar-refractivity contribution in [2.45, 2.75) is 6.54 Å². The molecule has 2 N–H and O–H groups in total. The fourth-order valence-electron chi connectivity index (χ4n) is 3.05. The molecular weight excluding hydrogens is 326 g/mol. The predicted octanol–water partition coefficient (Wildman–Crippen LogP) is 3.03. The molecule has 0 saturated carbocycles. The molecule has 0 aliphatic rings. The van der Waals surface area contributed by atoms with Crippen LogP contribution in [0.4, 0.5) is 5.82 Å². The molecule has 0 atom stereocenters. The first-order valence-electron chi connectivity index (χ1n) is 8.09. The standard InChI is InChI=1S/C20H15N5O/c21-10-15-11-23-25(19(15)22)20(26)17-13-24(12-14-6-2-1-3-7-14)18-9-5-4-8-16(17)18/h1-9,11,13H,12,22H2. The molecule has 26 heavy (non-hydrogen) atoms. The SMILES string of the molecule is N#Cc1cnn(C(=O)c2cn(Cc3ccccc3)c3ccccc23)c1N. The van der Waals surface area contributed by atoms with Crippen LogP contribution in [0.3, 0.4) is 0 Å². The van der Waals surface area contributed by atoms with Crippen LogP contribution in [0.15, 0.2) is 67.0 Å². The summed E-state index contributed by atoms with van der Waals surface area (Å²) in [5, 5.41) is 13.8. The van der Waals surface area contributed by atoms with Gasteiger partial charge in [-0.25, -0.2) is 0 Å². The molecule has 126 valence electrons. The lowest BCUT2D eigenvalue weighted by molar-refractivity contribution is 0.0949. The van der Waals surface area contributed by atoms with Gasteiger partial charge >= 0.3 is 0 Å². The highest BCUT2D eigenvalue weighted by molar-refractivity contribution is 6.08. The third-order valence-electron chi connectivity index (χ3n) is 4.33. The van der Waals surface area contributed by atoms with E-state index in [1.165, 1.54) is 6.20 Å². The molecule has 0 bridgehead atoms. The number of hydrogen-bond acceptors (Lipinski definition) is 4. The minimum absolute atomic E-state index is 0.0531. The van der Waals surface area contributed by atoms with Crippen LogP contribution in [-0.4, -0.2) is 20.3 Å². The Kier molecular flexibility index (Phi) is 3.75. The van der Waals surface area contributed by atoms with Crippen LogP contribution >= 0.6 is 0 Å². The Morgan fingerprint density at radius 3 is 2.58 bits per heavy atom. The third-order valence-corrected chi connectivity index (χ3v) is 4.33. The van der Waals surface area contributed by atoms with E-state index in [1.807, 2.05) is 71.4 Å². The van der Waals surface area contributed by atoms with E-state index in [1.54, 1.807) is 0 Å². The van der Waals surface area contributed by atoms with Gasteiger partial charge in [-0.1, -0.05) is 48.5 Å². The van der Waals surface area contributed by atoms with Gasteiger partial charge in [0.05, 0.1) is 11.8 Å². The number of para-hydroxylation sites is 1. The quantitative estimate of drug-likeness (QED) is 0.620. The number of nitrogens with zero attached hydrogens (tertiary/aromatic N) is 4. The van der Waals surface area contributed by atoms with Crippen molar-refractivity contribution < 1.29 is 4.79 Å². The van der Waals surface area contributed by atoms with Crippen LogP contribution in [-0.2, 0) is 6.54 Å². The first-order valence-corrected chi connectivity index (χ1v) is 8.09. The zero-order chi connectivity index (χ0) is 18.1. The lowest BCUT2D eigenvalue weighted by Crippen LogP contribution is -2.16. The molecule has 4 rings (SSSR count). The second kappa shape index (κ2) is 6.22. The van der Waals surface area contributed by atoms with E-state index in [9.17, 15) is 4.79 Å². The van der Waals surface area contributed by atoms with Crippen LogP contribution in [0.1, 0.15) is 21.5 Å². The van der Waals surface area contributed by atoms with Crippen molar-refractivity contribution in [3.05, 3.63) is 83.7 Å². The average molecular weight is 341 g/mol. The molecule has 0 radical (unpaired) electrons. The summed E-state index contributed by atoms with van der Waals surface area (Å²) in [6.07, 6.45) is 3.11. The first-order chi connectivity index (χ1) is 12.7. The maximum absolute atomic E-state index is 13.0. The fourth-order valence-corrected chi connectivity index (χ4v) is 3.05. The molecule has 6 heteroatoms. The molecule has 2 heterocycles. The minimum Gasteiger partial charge on any atom is -0.382 e. The van der Waals surface area contributed by atoms with Crippen molar-refractivity contribution in [2.24, 2.45) is 0 Å². The average Bonchev–Trinajstić information content (AvgIpc) is 3.23. The second-order valence-electron chi connectivity index (χ2n) is 5.95. The number of benzene rings is 2. The number of aromatic nitrogens is 3. The van der Waals surface area contributed by atoms with E-state index < -0.39 is 0 Å². The topological polar surface area (TPSA) is 89.6 Å². The van der Waals surface area contributed by atoms with Gasteiger partial charge < -0.3 is 10.3 Å². The molecule has 0 unspecified atom stereocenters. The van der Waals surface area contributed by atoms with Gasteiger partial charge in [0, 0.05) is 23.6 Å². The van der Waals surface area contributed by atoms with Crippen LogP contribution in [0.25, 0.3) is 10.9 Å². The Morgan fingerprint density at radius 1 is 1.12 bits per heavy atom. The lowest BCUT2D eigenvalue weighted by Gasteiger charge is -2.05. The van der Waals surface area contributed by atoms with Crippen molar-refractivity contribution in [1.29, 1.82) is 5.26 Å². The number of nitrogens with two attached hydrogens (primary N) is 1. The summed E-state index contributed by atoms with van der Waals surface area (Å²) in [6.45, 7) is 0.646. The second-order valence-corrected chi connectivity index (χ2v) is 5.95. The number of anilines is 1. The molecule has 6 nitrogen and oxygen atoms in total. The normalized spacial score (nSPS) is 10.7. The van der Waals surface area contributed by atoms with Crippen molar-refractivity contribution in [3.63, 3.8) is 0 Å². The molecule has 0 fully saturated rings. The molecule has 4 aromatic rings. The number of nitrogen functional groups attached to an aromatic ring is 1.